The largest absolute Gasteiger partial charge is 0.478 e. The Hall–Kier alpha value is -3.55. The van der Waals surface area contributed by atoms with Crippen LogP contribution in [0.15, 0.2) is 63.3 Å². The Morgan fingerprint density at radius 2 is 2.00 bits per heavy atom. The molecule has 0 saturated carbocycles. The number of aromatic carboxylic acids is 1. The summed E-state index contributed by atoms with van der Waals surface area (Å²) in [6.07, 6.45) is 3.70. The molecule has 2 aliphatic rings. The van der Waals surface area contributed by atoms with Gasteiger partial charge in [-0.1, -0.05) is 12.1 Å². The van der Waals surface area contributed by atoms with E-state index in [1.807, 2.05) is 11.2 Å². The molecular weight excluding hydrogens is 374 g/mol. The second kappa shape index (κ2) is 8.22. The van der Waals surface area contributed by atoms with Crippen LogP contribution in [0.4, 0.5) is 4.79 Å². The van der Waals surface area contributed by atoms with E-state index < -0.39 is 5.97 Å². The summed E-state index contributed by atoms with van der Waals surface area (Å²) in [5.41, 5.74) is 3.38. The molecule has 0 fully saturated rings. The summed E-state index contributed by atoms with van der Waals surface area (Å²) in [5, 5.41) is 9.00. The Bertz CT molecular complexity index is 947. The number of carbonyl (C=O) groups is 2. The maximum atomic E-state index is 12.4. The average Bonchev–Trinajstić information content (AvgIpc) is 3.25. The highest BCUT2D eigenvalue weighted by Gasteiger charge is 2.26. The van der Waals surface area contributed by atoms with Gasteiger partial charge in [0.25, 0.3) is 0 Å². The van der Waals surface area contributed by atoms with E-state index in [4.69, 9.17) is 14.3 Å². The molecule has 1 aromatic carbocycles. The van der Waals surface area contributed by atoms with Gasteiger partial charge in [0, 0.05) is 38.3 Å². The van der Waals surface area contributed by atoms with E-state index in [-0.39, 0.29) is 18.3 Å². The Morgan fingerprint density at radius 3 is 2.72 bits per heavy atom. The van der Waals surface area contributed by atoms with Gasteiger partial charge in [-0.05, 0) is 35.4 Å². The minimum atomic E-state index is -0.938. The lowest BCUT2D eigenvalue weighted by Crippen LogP contribution is -2.41. The van der Waals surface area contributed by atoms with Crippen LogP contribution in [0.3, 0.4) is 0 Å². The lowest BCUT2D eigenvalue weighted by atomic mass is 10.0. The monoisotopic (exact) mass is 395 g/mol. The lowest BCUT2D eigenvalue weighted by Gasteiger charge is -2.34. The molecule has 0 unspecified atom stereocenters. The van der Waals surface area contributed by atoms with Crippen LogP contribution in [0.5, 0.6) is 0 Å². The number of amides is 1. The van der Waals surface area contributed by atoms with Crippen molar-refractivity contribution < 1.29 is 23.8 Å². The van der Waals surface area contributed by atoms with Gasteiger partial charge >= 0.3 is 12.1 Å². The zero-order valence-corrected chi connectivity index (χ0v) is 15.8. The minimum Gasteiger partial charge on any atom is -0.478 e. The number of hydrogen-bond acceptors (Lipinski definition) is 6. The molecule has 0 atom stereocenters. The molecule has 4 rings (SSSR count). The number of furan rings is 1. The molecule has 1 N–H and O–H groups in total. The first-order valence-electron chi connectivity index (χ1n) is 9.34. The van der Waals surface area contributed by atoms with Crippen LogP contribution in [0.1, 0.15) is 28.1 Å². The van der Waals surface area contributed by atoms with Crippen LogP contribution in [0.2, 0.25) is 0 Å². The molecule has 1 amide bonds. The number of benzene rings is 1. The molecule has 0 radical (unpaired) electrons. The van der Waals surface area contributed by atoms with E-state index in [9.17, 15) is 9.59 Å². The number of ether oxygens (including phenoxy) is 1. The number of carboxylic acids is 1. The predicted octanol–water partition coefficient (Wildman–Crippen LogP) is 3.12. The summed E-state index contributed by atoms with van der Waals surface area (Å²) >= 11 is 0. The Labute approximate surface area is 167 Å². The molecule has 8 heteroatoms. The maximum Gasteiger partial charge on any atom is 0.410 e. The highest BCUT2D eigenvalue weighted by molar-refractivity contribution is 5.87. The van der Waals surface area contributed by atoms with Crippen LogP contribution in [-0.2, 0) is 17.9 Å². The number of carbonyl (C=O) groups excluding carboxylic acids is 1. The highest BCUT2D eigenvalue weighted by Crippen LogP contribution is 2.24. The zero-order chi connectivity index (χ0) is 20.2. The Balaban J connectivity index is 1.33. The van der Waals surface area contributed by atoms with Crippen LogP contribution in [0.25, 0.3) is 0 Å². The molecule has 3 heterocycles. The van der Waals surface area contributed by atoms with Gasteiger partial charge in [0.05, 0.1) is 18.2 Å². The molecule has 0 saturated heterocycles. The fourth-order valence-electron chi connectivity index (χ4n) is 3.41. The fraction of sp³-hybridized carbons (Fsp3) is 0.286. The first kappa shape index (κ1) is 18.8. The molecule has 0 spiro atoms. The van der Waals surface area contributed by atoms with Crippen LogP contribution < -0.4 is 0 Å². The first-order valence-corrected chi connectivity index (χ1v) is 9.34. The van der Waals surface area contributed by atoms with Crippen LogP contribution in [0, 0.1) is 0 Å². The summed E-state index contributed by atoms with van der Waals surface area (Å²) in [6, 6.07) is 10.3. The van der Waals surface area contributed by atoms with Gasteiger partial charge in [-0.2, -0.15) is 0 Å². The van der Waals surface area contributed by atoms with Gasteiger partial charge in [0.2, 0.25) is 0 Å². The van der Waals surface area contributed by atoms with Crippen LogP contribution >= 0.6 is 0 Å². The van der Waals surface area contributed by atoms with Crippen molar-refractivity contribution in [2.24, 2.45) is 4.99 Å². The van der Waals surface area contributed by atoms with E-state index in [1.54, 1.807) is 47.6 Å². The molecule has 0 aliphatic carbocycles. The van der Waals surface area contributed by atoms with Crippen LogP contribution in [-0.4, -0.2) is 52.9 Å². The van der Waals surface area contributed by atoms with Gasteiger partial charge in [0.15, 0.2) is 6.61 Å². The third-order valence-electron chi connectivity index (χ3n) is 4.94. The molecule has 2 aromatic rings. The van der Waals surface area contributed by atoms with Crippen molar-refractivity contribution in [1.29, 1.82) is 0 Å². The quantitative estimate of drug-likeness (QED) is 0.836. The van der Waals surface area contributed by atoms with Crippen molar-refractivity contribution in [3.63, 3.8) is 0 Å². The number of rotatable bonds is 5. The second-order valence-corrected chi connectivity index (χ2v) is 7.01. The van der Waals surface area contributed by atoms with Gasteiger partial charge in [-0.3, -0.25) is 0 Å². The van der Waals surface area contributed by atoms with Crippen molar-refractivity contribution in [3.05, 3.63) is 70.8 Å². The van der Waals surface area contributed by atoms with Crippen molar-refractivity contribution in [2.45, 2.75) is 19.6 Å². The van der Waals surface area contributed by atoms with Crippen molar-refractivity contribution >= 4 is 18.4 Å². The number of hydrogen-bond donors (Lipinski definition) is 1. The highest BCUT2D eigenvalue weighted by atomic mass is 16.6. The van der Waals surface area contributed by atoms with E-state index >= 15 is 0 Å². The molecule has 150 valence electrons. The van der Waals surface area contributed by atoms with Gasteiger partial charge in [0.1, 0.15) is 5.76 Å². The minimum absolute atomic E-state index is 0.116. The van der Waals surface area contributed by atoms with E-state index in [0.29, 0.717) is 38.4 Å². The van der Waals surface area contributed by atoms with Gasteiger partial charge in [-0.15, -0.1) is 0 Å². The molecule has 1 aromatic heterocycles. The summed E-state index contributed by atoms with van der Waals surface area (Å²) in [7, 11) is 0. The smallest absolute Gasteiger partial charge is 0.410 e. The number of nitrogens with zero attached hydrogens (tertiary/aromatic N) is 3. The van der Waals surface area contributed by atoms with E-state index in [1.165, 1.54) is 0 Å². The molecular formula is C21H21N3O5. The standard InChI is InChI=1S/C21H21N3O5/c25-20(26)16-5-3-15(4-6-16)10-23-11-17-12-24(8-7-19(17)22-14-23)21(27)29-13-18-2-1-9-28-18/h1-6,9,14H,7-8,10-13H2,(H,25,26). The summed E-state index contributed by atoms with van der Waals surface area (Å²) in [5.74, 6) is -0.329. The second-order valence-electron chi connectivity index (χ2n) is 7.01. The number of carboxylic acid groups (broad SMARTS) is 1. The summed E-state index contributed by atoms with van der Waals surface area (Å²) in [4.78, 5) is 31.6. The predicted molar refractivity (Wildman–Crippen MR) is 104 cm³/mol. The van der Waals surface area contributed by atoms with Crippen molar-refractivity contribution in [1.82, 2.24) is 9.80 Å². The summed E-state index contributed by atoms with van der Waals surface area (Å²) < 4.78 is 10.5. The van der Waals surface area contributed by atoms with Crippen molar-refractivity contribution in [2.75, 3.05) is 19.6 Å². The molecule has 2 aliphatic heterocycles. The average molecular weight is 395 g/mol. The molecule has 8 nitrogen and oxygen atoms in total. The normalized spacial score (nSPS) is 16.0. The third kappa shape index (κ3) is 4.48. The van der Waals surface area contributed by atoms with Gasteiger partial charge in [-0.25, -0.2) is 14.6 Å². The number of aliphatic imine (C=N–C) groups is 1. The molecule has 0 bridgehead atoms. The summed E-state index contributed by atoms with van der Waals surface area (Å²) in [6.45, 7) is 2.46. The topological polar surface area (TPSA) is 95.6 Å². The Kier molecular flexibility index (Phi) is 5.33. The Morgan fingerprint density at radius 1 is 1.17 bits per heavy atom. The maximum absolute atomic E-state index is 12.4. The van der Waals surface area contributed by atoms with E-state index in [2.05, 4.69) is 4.99 Å². The zero-order valence-electron chi connectivity index (χ0n) is 15.8. The fourth-order valence-corrected chi connectivity index (χ4v) is 3.41. The van der Waals surface area contributed by atoms with Crippen molar-refractivity contribution in [3.8, 4) is 0 Å². The first-order chi connectivity index (χ1) is 14.1. The SMILES string of the molecule is O=C(O)c1ccc(CN2C=NC3=C(C2)CN(C(=O)OCc2ccco2)CC3)cc1. The van der Waals surface area contributed by atoms with E-state index in [0.717, 1.165) is 16.8 Å². The molecule has 29 heavy (non-hydrogen) atoms. The van der Waals surface area contributed by atoms with Gasteiger partial charge < -0.3 is 24.1 Å². The third-order valence-corrected chi connectivity index (χ3v) is 4.94. The lowest BCUT2D eigenvalue weighted by molar-refractivity contribution is 0.0696.